The summed E-state index contributed by atoms with van der Waals surface area (Å²) in [5.74, 6) is 0.594. The van der Waals surface area contributed by atoms with Gasteiger partial charge in [-0.25, -0.2) is 0 Å². The zero-order valence-corrected chi connectivity index (χ0v) is 14.5. The third kappa shape index (κ3) is 5.70. The second-order valence-electron chi connectivity index (χ2n) is 5.96. The van der Waals surface area contributed by atoms with Gasteiger partial charge in [-0.05, 0) is 43.5 Å². The average Bonchev–Trinajstić information content (AvgIpc) is 2.58. The molecule has 2 rings (SSSR count). The summed E-state index contributed by atoms with van der Waals surface area (Å²) in [5, 5.41) is 2.90. The van der Waals surface area contributed by atoms with E-state index in [0.717, 1.165) is 22.4 Å². The molecule has 128 valence electrons. The number of rotatable bonds is 8. The van der Waals surface area contributed by atoms with Crippen molar-refractivity contribution in [3.05, 3.63) is 65.2 Å². The van der Waals surface area contributed by atoms with Gasteiger partial charge in [0.15, 0.2) is 6.61 Å². The molecule has 0 aliphatic rings. The summed E-state index contributed by atoms with van der Waals surface area (Å²) in [6.45, 7) is 6.99. The topological polar surface area (TPSA) is 47.6 Å². The minimum Gasteiger partial charge on any atom is -0.484 e. The van der Waals surface area contributed by atoms with Crippen LogP contribution in [0.4, 0.5) is 0 Å². The molecule has 0 unspecified atom stereocenters. The third-order valence-electron chi connectivity index (χ3n) is 3.62. The maximum Gasteiger partial charge on any atom is 0.258 e. The van der Waals surface area contributed by atoms with Crippen LogP contribution in [0.25, 0.3) is 0 Å². The van der Waals surface area contributed by atoms with Gasteiger partial charge in [0, 0.05) is 6.54 Å². The predicted octanol–water partition coefficient (Wildman–Crippen LogP) is 3.62. The molecule has 1 N–H and O–H groups in total. The number of carbonyl (C=O) groups excluding carboxylic acids is 1. The highest BCUT2D eigenvalue weighted by atomic mass is 16.5. The molecule has 0 radical (unpaired) electrons. The quantitative estimate of drug-likeness (QED) is 0.805. The Labute approximate surface area is 143 Å². The standard InChI is InChI=1S/C20H25NO3/c1-15(2)23-13-18-10-6-5-9-17(18)12-21-20(22)14-24-19-11-7-4-8-16(19)3/h4-11,15H,12-14H2,1-3H3,(H,21,22). The summed E-state index contributed by atoms with van der Waals surface area (Å²) >= 11 is 0. The smallest absolute Gasteiger partial charge is 0.258 e. The molecule has 1 amide bonds. The van der Waals surface area contributed by atoms with Crippen molar-refractivity contribution in [3.8, 4) is 5.75 Å². The third-order valence-corrected chi connectivity index (χ3v) is 3.62. The Kier molecular flexibility index (Phi) is 6.82. The monoisotopic (exact) mass is 327 g/mol. The van der Waals surface area contributed by atoms with Gasteiger partial charge in [-0.15, -0.1) is 0 Å². The Hall–Kier alpha value is -2.33. The van der Waals surface area contributed by atoms with Crippen molar-refractivity contribution >= 4 is 5.91 Å². The summed E-state index contributed by atoms with van der Waals surface area (Å²) in [7, 11) is 0. The van der Waals surface area contributed by atoms with Crippen LogP contribution in [0.3, 0.4) is 0 Å². The molecule has 0 aromatic heterocycles. The molecule has 4 nitrogen and oxygen atoms in total. The maximum absolute atomic E-state index is 12.0. The van der Waals surface area contributed by atoms with Gasteiger partial charge in [0.05, 0.1) is 12.7 Å². The summed E-state index contributed by atoms with van der Waals surface area (Å²) in [5.41, 5.74) is 3.16. The van der Waals surface area contributed by atoms with E-state index in [2.05, 4.69) is 5.32 Å². The number of hydrogen-bond donors (Lipinski definition) is 1. The number of aryl methyl sites for hydroxylation is 1. The normalized spacial score (nSPS) is 10.7. The minimum atomic E-state index is -0.141. The van der Waals surface area contributed by atoms with Crippen molar-refractivity contribution in [1.29, 1.82) is 0 Å². The van der Waals surface area contributed by atoms with E-state index in [9.17, 15) is 4.79 Å². The summed E-state index contributed by atoms with van der Waals surface area (Å²) < 4.78 is 11.2. The Bertz CT molecular complexity index is 667. The first-order valence-corrected chi connectivity index (χ1v) is 8.19. The maximum atomic E-state index is 12.0. The Morgan fingerprint density at radius 3 is 2.42 bits per heavy atom. The van der Waals surface area contributed by atoms with Gasteiger partial charge < -0.3 is 14.8 Å². The molecule has 2 aromatic rings. The second-order valence-corrected chi connectivity index (χ2v) is 5.96. The van der Waals surface area contributed by atoms with Crippen LogP contribution in [0, 0.1) is 6.92 Å². The first-order valence-electron chi connectivity index (χ1n) is 8.19. The van der Waals surface area contributed by atoms with Crippen LogP contribution in [0.1, 0.15) is 30.5 Å². The van der Waals surface area contributed by atoms with Crippen molar-refractivity contribution in [2.45, 2.75) is 40.0 Å². The lowest BCUT2D eigenvalue weighted by Gasteiger charge is -2.13. The molecule has 0 saturated heterocycles. The number of nitrogens with one attached hydrogen (secondary N) is 1. The molecule has 2 aromatic carbocycles. The molecule has 0 fully saturated rings. The van der Waals surface area contributed by atoms with Crippen LogP contribution in [-0.2, 0) is 22.7 Å². The van der Waals surface area contributed by atoms with E-state index in [1.165, 1.54) is 0 Å². The van der Waals surface area contributed by atoms with Gasteiger partial charge in [0.1, 0.15) is 5.75 Å². The molecule has 0 saturated carbocycles. The molecule has 0 atom stereocenters. The number of hydrogen-bond acceptors (Lipinski definition) is 3. The molecule has 0 heterocycles. The van der Waals surface area contributed by atoms with Crippen LogP contribution in [-0.4, -0.2) is 18.6 Å². The highest BCUT2D eigenvalue weighted by molar-refractivity contribution is 5.77. The second kappa shape index (κ2) is 9.08. The zero-order valence-electron chi connectivity index (χ0n) is 14.5. The summed E-state index contributed by atoms with van der Waals surface area (Å²) in [6, 6.07) is 15.6. The first kappa shape index (κ1) is 18.0. The fraction of sp³-hybridized carbons (Fsp3) is 0.350. The number of para-hydroxylation sites is 1. The van der Waals surface area contributed by atoms with Crippen LogP contribution in [0.5, 0.6) is 5.75 Å². The minimum absolute atomic E-state index is 0.00944. The molecule has 24 heavy (non-hydrogen) atoms. The van der Waals surface area contributed by atoms with E-state index >= 15 is 0 Å². The number of amides is 1. The molecule has 0 bridgehead atoms. The Morgan fingerprint density at radius 2 is 1.71 bits per heavy atom. The Morgan fingerprint density at radius 1 is 1.04 bits per heavy atom. The predicted molar refractivity (Wildman–Crippen MR) is 94.9 cm³/mol. The number of ether oxygens (including phenoxy) is 2. The van der Waals surface area contributed by atoms with E-state index in [-0.39, 0.29) is 18.6 Å². The molecule has 0 aliphatic carbocycles. The molecule has 0 aliphatic heterocycles. The van der Waals surface area contributed by atoms with Crippen LogP contribution < -0.4 is 10.1 Å². The van der Waals surface area contributed by atoms with Gasteiger partial charge in [0.2, 0.25) is 0 Å². The van der Waals surface area contributed by atoms with Crippen molar-refractivity contribution in [2.24, 2.45) is 0 Å². The summed E-state index contributed by atoms with van der Waals surface area (Å²) in [6.07, 6.45) is 0.176. The van der Waals surface area contributed by atoms with Crippen molar-refractivity contribution in [3.63, 3.8) is 0 Å². The number of benzene rings is 2. The lowest BCUT2D eigenvalue weighted by Crippen LogP contribution is -2.29. The van der Waals surface area contributed by atoms with Gasteiger partial charge in [0.25, 0.3) is 5.91 Å². The number of carbonyl (C=O) groups is 1. The average molecular weight is 327 g/mol. The highest BCUT2D eigenvalue weighted by Gasteiger charge is 2.07. The molecular weight excluding hydrogens is 302 g/mol. The molecule has 0 spiro atoms. The highest BCUT2D eigenvalue weighted by Crippen LogP contribution is 2.16. The molecular formula is C20H25NO3. The van der Waals surface area contributed by atoms with Crippen molar-refractivity contribution in [1.82, 2.24) is 5.32 Å². The zero-order chi connectivity index (χ0) is 17.4. The largest absolute Gasteiger partial charge is 0.484 e. The van der Waals surface area contributed by atoms with Crippen LogP contribution >= 0.6 is 0 Å². The van der Waals surface area contributed by atoms with Crippen molar-refractivity contribution in [2.75, 3.05) is 6.61 Å². The van der Waals surface area contributed by atoms with Gasteiger partial charge in [-0.2, -0.15) is 0 Å². The van der Waals surface area contributed by atoms with Crippen molar-refractivity contribution < 1.29 is 14.3 Å². The van der Waals surface area contributed by atoms with Crippen LogP contribution in [0.2, 0.25) is 0 Å². The van der Waals surface area contributed by atoms with Gasteiger partial charge in [-0.1, -0.05) is 42.5 Å². The first-order chi connectivity index (χ1) is 11.6. The van der Waals surface area contributed by atoms with E-state index in [1.54, 1.807) is 0 Å². The van der Waals surface area contributed by atoms with E-state index in [4.69, 9.17) is 9.47 Å². The van der Waals surface area contributed by atoms with Crippen LogP contribution in [0.15, 0.2) is 48.5 Å². The van der Waals surface area contributed by atoms with E-state index < -0.39 is 0 Å². The van der Waals surface area contributed by atoms with E-state index in [0.29, 0.717) is 13.2 Å². The SMILES string of the molecule is Cc1ccccc1OCC(=O)NCc1ccccc1COC(C)C. The van der Waals surface area contributed by atoms with Gasteiger partial charge in [-0.3, -0.25) is 4.79 Å². The van der Waals surface area contributed by atoms with E-state index in [1.807, 2.05) is 69.3 Å². The Balaban J connectivity index is 1.84. The fourth-order valence-electron chi connectivity index (χ4n) is 2.23. The van der Waals surface area contributed by atoms with Gasteiger partial charge >= 0.3 is 0 Å². The lowest BCUT2D eigenvalue weighted by atomic mass is 10.1. The summed E-state index contributed by atoms with van der Waals surface area (Å²) in [4.78, 5) is 12.0. The lowest BCUT2D eigenvalue weighted by molar-refractivity contribution is -0.123. The molecule has 4 heteroatoms. The fourth-order valence-corrected chi connectivity index (χ4v) is 2.23.